The Hall–Kier alpha value is -2.44. The van der Waals surface area contributed by atoms with Crippen LogP contribution in [0.4, 0.5) is 0 Å². The van der Waals surface area contributed by atoms with E-state index in [1.54, 1.807) is 21.3 Å². The van der Waals surface area contributed by atoms with Crippen LogP contribution in [0.3, 0.4) is 0 Å². The maximum absolute atomic E-state index is 14.3. The molecule has 14 atom stereocenters. The average Bonchev–Trinajstić information content (AvgIpc) is 3.17. The minimum Gasteiger partial charge on any atom is -0.456 e. The average molecular weight is 774 g/mol. The number of cyclic esters (lactones) is 1. The number of ketones is 2. The predicted molar refractivity (Wildman–Crippen MR) is 210 cm³/mol. The molecule has 1 saturated carbocycles. The number of aliphatic hydroxyl groups excluding tert-OH is 1. The maximum atomic E-state index is 14.3. The van der Waals surface area contributed by atoms with E-state index in [9.17, 15) is 24.3 Å². The molecule has 0 spiro atoms. The fourth-order valence-corrected chi connectivity index (χ4v) is 9.64. The van der Waals surface area contributed by atoms with Gasteiger partial charge >= 0.3 is 5.97 Å². The van der Waals surface area contributed by atoms with Gasteiger partial charge in [-0.3, -0.25) is 14.4 Å². The Kier molecular flexibility index (Phi) is 17.1. The number of rotatable bonds is 6. The van der Waals surface area contributed by atoms with E-state index in [1.165, 1.54) is 4.90 Å². The molecule has 0 aromatic heterocycles. The van der Waals surface area contributed by atoms with Crippen LogP contribution in [-0.4, -0.2) is 110 Å². The second-order valence-electron chi connectivity index (χ2n) is 17.4. The molecular formula is C44H71NO10. The Bertz CT molecular complexity index is 1380. The van der Waals surface area contributed by atoms with Crippen molar-refractivity contribution in [1.29, 1.82) is 0 Å². The monoisotopic (exact) mass is 774 g/mol. The molecule has 1 unspecified atom stereocenters. The van der Waals surface area contributed by atoms with Crippen LogP contribution in [0.15, 0.2) is 23.3 Å². The van der Waals surface area contributed by atoms with Gasteiger partial charge in [-0.05, 0) is 107 Å². The number of hydrogen-bond donors (Lipinski definition) is 1. The first-order valence-electron chi connectivity index (χ1n) is 21.0. The number of hydrogen-bond acceptors (Lipinski definition) is 10. The highest BCUT2D eigenvalue weighted by Gasteiger charge is 2.48. The van der Waals surface area contributed by atoms with Gasteiger partial charge in [0.2, 0.25) is 5.78 Å². The first kappa shape index (κ1) is 45.3. The van der Waals surface area contributed by atoms with E-state index in [4.69, 9.17) is 23.7 Å². The van der Waals surface area contributed by atoms with Gasteiger partial charge in [0.05, 0.1) is 24.4 Å². The third kappa shape index (κ3) is 11.4. The van der Waals surface area contributed by atoms with Gasteiger partial charge in [0, 0.05) is 46.1 Å². The zero-order valence-corrected chi connectivity index (χ0v) is 35.3. The molecule has 1 N–H and O–H groups in total. The standard InChI is InChI=1S/C44H71NO10/c1-11-32-19-25(2)18-26(3)20-37(52-9)42-38(53-10)22-29(6)41(54-42)39(48)43(49)45-17-13-12-14-33(45)44(50)55-40(30(7)34(46)24-35(32)47)28(5)21-31-16-15-27(4)36(23-31)51-8/h19,21,26-27,29-34,36-38,40-42,46H,11-18,20,22-24H2,1-10H3/b25-19+,28-21+/t26-,27+,29+,30+,31-,32+,33?,34-,36+,37-,38-,40+,41+,42+/m0/s1. The van der Waals surface area contributed by atoms with E-state index in [-0.39, 0.29) is 54.6 Å². The molecule has 1 aliphatic carbocycles. The smallest absolute Gasteiger partial charge is 0.329 e. The lowest BCUT2D eigenvalue weighted by molar-refractivity contribution is -0.199. The lowest BCUT2D eigenvalue weighted by Crippen LogP contribution is -2.58. The van der Waals surface area contributed by atoms with E-state index in [2.05, 4.69) is 19.9 Å². The number of allylic oxidation sites excluding steroid dienone is 3. The van der Waals surface area contributed by atoms with Gasteiger partial charge in [0.15, 0.2) is 0 Å². The van der Waals surface area contributed by atoms with Gasteiger partial charge in [0.1, 0.15) is 30.1 Å². The molecule has 0 aromatic carbocycles. The normalized spacial score (nSPS) is 40.7. The van der Waals surface area contributed by atoms with Crippen LogP contribution in [0.5, 0.6) is 0 Å². The van der Waals surface area contributed by atoms with E-state index < -0.39 is 60.1 Å². The van der Waals surface area contributed by atoms with Crippen molar-refractivity contribution < 1.29 is 48.0 Å². The third-order valence-electron chi connectivity index (χ3n) is 13.1. The number of nitrogens with zero attached hydrogens (tertiary/aromatic N) is 1. The SMILES string of the molecule is CC[C@@H]1/C=C(\C)C[C@H](C)C[C@H](OC)[C@H]2O[C@@H](C(=O)C(=O)N3CCCCC3C(=O)O[C@H](/C(C)=C/[C@@H]3CC[C@@H](C)[C@H](OC)C3)[C@H](C)[C@@H](O)CC1=O)[C@H](C)C[C@@H]2OC. The lowest BCUT2D eigenvalue weighted by Gasteiger charge is -2.43. The van der Waals surface area contributed by atoms with Crippen molar-refractivity contribution in [1.82, 2.24) is 4.90 Å². The molecule has 3 fully saturated rings. The zero-order chi connectivity index (χ0) is 40.6. The number of amides is 1. The molecular weight excluding hydrogens is 702 g/mol. The lowest BCUT2D eigenvalue weighted by atomic mass is 9.79. The van der Waals surface area contributed by atoms with Crippen molar-refractivity contribution >= 4 is 23.4 Å². The zero-order valence-electron chi connectivity index (χ0n) is 35.3. The summed E-state index contributed by atoms with van der Waals surface area (Å²) in [6.45, 7) is 14.2. The van der Waals surface area contributed by atoms with Crippen LogP contribution >= 0.6 is 0 Å². The summed E-state index contributed by atoms with van der Waals surface area (Å²) in [5.41, 5.74) is 1.85. The largest absolute Gasteiger partial charge is 0.456 e. The van der Waals surface area contributed by atoms with E-state index in [1.807, 2.05) is 40.7 Å². The van der Waals surface area contributed by atoms with Crippen LogP contribution in [0.25, 0.3) is 0 Å². The van der Waals surface area contributed by atoms with Gasteiger partial charge in [-0.1, -0.05) is 52.3 Å². The summed E-state index contributed by atoms with van der Waals surface area (Å²) in [6, 6.07) is -0.972. The fraction of sp³-hybridized carbons (Fsp3) is 0.818. The molecule has 55 heavy (non-hydrogen) atoms. The second-order valence-corrected chi connectivity index (χ2v) is 17.4. The molecule has 11 heteroatoms. The summed E-state index contributed by atoms with van der Waals surface area (Å²) in [5, 5.41) is 11.7. The number of Topliss-reactive ketones (excluding diaryl/α,β-unsaturated/α-hetero) is 2. The van der Waals surface area contributed by atoms with Crippen LogP contribution in [-0.2, 0) is 42.9 Å². The Morgan fingerprint density at radius 3 is 2.22 bits per heavy atom. The number of carbonyl (C=O) groups is 4. The van der Waals surface area contributed by atoms with Crippen molar-refractivity contribution in [2.45, 2.75) is 168 Å². The molecule has 0 radical (unpaired) electrons. The van der Waals surface area contributed by atoms with E-state index in [0.29, 0.717) is 50.9 Å². The van der Waals surface area contributed by atoms with Crippen LogP contribution in [0.1, 0.15) is 119 Å². The van der Waals surface area contributed by atoms with Gasteiger partial charge in [-0.2, -0.15) is 0 Å². The van der Waals surface area contributed by atoms with Crippen LogP contribution < -0.4 is 0 Å². The Morgan fingerprint density at radius 1 is 0.891 bits per heavy atom. The Labute approximate surface area is 330 Å². The first-order chi connectivity index (χ1) is 26.1. The molecule has 2 saturated heterocycles. The second kappa shape index (κ2) is 20.8. The molecule has 4 rings (SSSR count). The topological polar surface area (TPSA) is 138 Å². The quantitative estimate of drug-likeness (QED) is 0.183. The van der Waals surface area contributed by atoms with Crippen LogP contribution in [0, 0.1) is 35.5 Å². The highest BCUT2D eigenvalue weighted by Crippen LogP contribution is 2.36. The summed E-state index contributed by atoms with van der Waals surface area (Å²) in [5.74, 6) is -2.64. The molecule has 2 bridgehead atoms. The molecule has 3 aliphatic heterocycles. The molecule has 3 heterocycles. The number of fused-ring (bicyclic) bond motifs is 3. The minimum atomic E-state index is -1.08. The fourth-order valence-electron chi connectivity index (χ4n) is 9.64. The maximum Gasteiger partial charge on any atom is 0.329 e. The summed E-state index contributed by atoms with van der Waals surface area (Å²) in [6.07, 6.45) is 6.79. The highest BCUT2D eigenvalue weighted by atomic mass is 16.6. The van der Waals surface area contributed by atoms with Gasteiger partial charge in [0.25, 0.3) is 5.91 Å². The van der Waals surface area contributed by atoms with E-state index in [0.717, 1.165) is 30.4 Å². The van der Waals surface area contributed by atoms with Gasteiger partial charge in [-0.25, -0.2) is 4.79 Å². The van der Waals surface area contributed by atoms with Crippen molar-refractivity contribution in [3.05, 3.63) is 23.3 Å². The molecule has 11 nitrogen and oxygen atoms in total. The number of piperidine rings is 1. The van der Waals surface area contributed by atoms with Crippen LogP contribution in [0.2, 0.25) is 0 Å². The van der Waals surface area contributed by atoms with E-state index >= 15 is 0 Å². The minimum absolute atomic E-state index is 0.0632. The summed E-state index contributed by atoms with van der Waals surface area (Å²) in [7, 11) is 4.98. The van der Waals surface area contributed by atoms with Crippen molar-refractivity contribution in [3.8, 4) is 0 Å². The highest BCUT2D eigenvalue weighted by molar-refractivity contribution is 6.38. The third-order valence-corrected chi connectivity index (χ3v) is 13.1. The number of carbonyl (C=O) groups excluding carboxylic acids is 4. The summed E-state index contributed by atoms with van der Waals surface area (Å²) >= 11 is 0. The van der Waals surface area contributed by atoms with Gasteiger partial charge < -0.3 is 33.7 Å². The Morgan fingerprint density at radius 2 is 1.56 bits per heavy atom. The predicted octanol–water partition coefficient (Wildman–Crippen LogP) is 6.43. The summed E-state index contributed by atoms with van der Waals surface area (Å²) < 4.78 is 30.5. The number of aliphatic hydroxyl groups is 1. The summed E-state index contributed by atoms with van der Waals surface area (Å²) in [4.78, 5) is 57.8. The number of esters is 1. The van der Waals surface area contributed by atoms with Crippen molar-refractivity contribution in [3.63, 3.8) is 0 Å². The number of methoxy groups -OCH3 is 3. The first-order valence-corrected chi connectivity index (χ1v) is 21.0. The van der Waals surface area contributed by atoms with Crippen molar-refractivity contribution in [2.75, 3.05) is 27.9 Å². The Balaban J connectivity index is 1.73. The van der Waals surface area contributed by atoms with Crippen molar-refractivity contribution in [2.24, 2.45) is 35.5 Å². The van der Waals surface area contributed by atoms with Gasteiger partial charge in [-0.15, -0.1) is 0 Å². The molecule has 1 amide bonds. The molecule has 312 valence electrons. The number of ether oxygens (including phenoxy) is 5. The molecule has 4 aliphatic rings. The molecule has 0 aromatic rings.